The number of hydrogen-bond acceptors (Lipinski definition) is 5. The highest BCUT2D eigenvalue weighted by Crippen LogP contribution is 2.21. The summed E-state index contributed by atoms with van der Waals surface area (Å²) in [5.74, 6) is 0.612. The molecule has 0 atom stereocenters. The van der Waals surface area contributed by atoms with Crippen LogP contribution in [0.2, 0.25) is 4.47 Å². The molecule has 1 heterocycles. The number of aromatic nitrogens is 1. The number of carbonyl (C=O) groups excluding carboxylic acids is 1. The van der Waals surface area contributed by atoms with E-state index in [-0.39, 0.29) is 5.91 Å². The molecule has 23 heavy (non-hydrogen) atoms. The number of carbonyl (C=O) groups is 1. The number of aryl methyl sites for hydroxylation is 1. The van der Waals surface area contributed by atoms with Crippen molar-refractivity contribution in [3.63, 3.8) is 0 Å². The van der Waals surface area contributed by atoms with Gasteiger partial charge in [0.15, 0.2) is 4.47 Å². The van der Waals surface area contributed by atoms with E-state index in [1.54, 1.807) is 0 Å². The van der Waals surface area contributed by atoms with Gasteiger partial charge in [-0.1, -0.05) is 23.7 Å². The third kappa shape index (κ3) is 5.49. The monoisotopic (exact) mass is 353 g/mol. The zero-order chi connectivity index (χ0) is 16.8. The summed E-state index contributed by atoms with van der Waals surface area (Å²) in [7, 11) is 4.01. The summed E-state index contributed by atoms with van der Waals surface area (Å²) in [5, 5.41) is 2.85. The van der Waals surface area contributed by atoms with Gasteiger partial charge in [0, 0.05) is 18.0 Å². The maximum atomic E-state index is 12.1. The second-order valence-electron chi connectivity index (χ2n) is 5.35. The van der Waals surface area contributed by atoms with Crippen molar-refractivity contribution in [1.82, 2.24) is 15.2 Å². The fraction of sp³-hybridized carbons (Fsp3) is 0.375. The molecule has 0 bridgehead atoms. The van der Waals surface area contributed by atoms with Crippen LogP contribution in [-0.2, 0) is 6.54 Å². The summed E-state index contributed by atoms with van der Waals surface area (Å²) in [6, 6.07) is 7.68. The Morgan fingerprint density at radius 1 is 1.35 bits per heavy atom. The third-order valence-corrected chi connectivity index (χ3v) is 4.24. The van der Waals surface area contributed by atoms with Crippen molar-refractivity contribution in [2.75, 3.05) is 27.2 Å². The maximum Gasteiger partial charge on any atom is 0.271 e. The van der Waals surface area contributed by atoms with E-state index in [0.717, 1.165) is 22.7 Å². The van der Waals surface area contributed by atoms with Crippen molar-refractivity contribution < 1.29 is 9.53 Å². The Balaban J connectivity index is 1.84. The molecule has 0 aliphatic heterocycles. The Morgan fingerprint density at radius 2 is 2.04 bits per heavy atom. The molecule has 1 aromatic carbocycles. The molecule has 124 valence electrons. The molecule has 1 N–H and O–H groups in total. The summed E-state index contributed by atoms with van der Waals surface area (Å²) < 4.78 is 6.01. The van der Waals surface area contributed by atoms with E-state index in [0.29, 0.717) is 23.3 Å². The van der Waals surface area contributed by atoms with Crippen LogP contribution in [0.25, 0.3) is 0 Å². The van der Waals surface area contributed by atoms with Crippen LogP contribution in [0, 0.1) is 6.92 Å². The molecule has 2 rings (SSSR count). The van der Waals surface area contributed by atoms with Crippen molar-refractivity contribution in [2.24, 2.45) is 0 Å². The number of nitrogens with zero attached hydrogens (tertiary/aromatic N) is 2. The first kappa shape index (κ1) is 17.7. The standard InChI is InChI=1S/C16H20ClN3O2S/c1-11-14(19-16(17)23-11)15(21)18-10-12-4-6-13(7-5-12)22-9-8-20(2)3/h4-7H,8-10H2,1-3H3,(H,18,21). The Kier molecular flexibility index (Phi) is 6.38. The lowest BCUT2D eigenvalue weighted by Crippen LogP contribution is -2.23. The van der Waals surface area contributed by atoms with Crippen LogP contribution >= 0.6 is 22.9 Å². The summed E-state index contributed by atoms with van der Waals surface area (Å²) in [6.07, 6.45) is 0. The van der Waals surface area contributed by atoms with Gasteiger partial charge < -0.3 is 15.0 Å². The Morgan fingerprint density at radius 3 is 2.61 bits per heavy atom. The first-order valence-electron chi connectivity index (χ1n) is 7.23. The van der Waals surface area contributed by atoms with E-state index in [2.05, 4.69) is 15.2 Å². The zero-order valence-electron chi connectivity index (χ0n) is 13.4. The minimum Gasteiger partial charge on any atom is -0.492 e. The quantitative estimate of drug-likeness (QED) is 0.831. The lowest BCUT2D eigenvalue weighted by Gasteiger charge is -2.11. The first-order valence-corrected chi connectivity index (χ1v) is 8.42. The summed E-state index contributed by atoms with van der Waals surface area (Å²) in [5.41, 5.74) is 1.39. The molecule has 2 aromatic rings. The summed E-state index contributed by atoms with van der Waals surface area (Å²) in [4.78, 5) is 19.0. The number of rotatable bonds is 7. The van der Waals surface area contributed by atoms with Gasteiger partial charge in [-0.2, -0.15) is 0 Å². The van der Waals surface area contributed by atoms with E-state index in [9.17, 15) is 4.79 Å². The normalized spacial score (nSPS) is 10.8. The van der Waals surface area contributed by atoms with E-state index < -0.39 is 0 Å². The summed E-state index contributed by atoms with van der Waals surface area (Å²) >= 11 is 7.12. The molecule has 0 saturated heterocycles. The van der Waals surface area contributed by atoms with Crippen molar-refractivity contribution in [3.8, 4) is 5.75 Å². The van der Waals surface area contributed by atoms with Crippen LogP contribution in [0.3, 0.4) is 0 Å². The SMILES string of the molecule is Cc1sc(Cl)nc1C(=O)NCc1ccc(OCCN(C)C)cc1. The van der Waals surface area contributed by atoms with E-state index in [4.69, 9.17) is 16.3 Å². The largest absolute Gasteiger partial charge is 0.492 e. The van der Waals surface area contributed by atoms with Gasteiger partial charge in [0.1, 0.15) is 18.1 Å². The van der Waals surface area contributed by atoms with Gasteiger partial charge in [-0.05, 0) is 38.7 Å². The lowest BCUT2D eigenvalue weighted by molar-refractivity contribution is 0.0946. The number of hydrogen-bond donors (Lipinski definition) is 1. The Hall–Kier alpha value is -1.63. The van der Waals surface area contributed by atoms with E-state index >= 15 is 0 Å². The highest BCUT2D eigenvalue weighted by Gasteiger charge is 2.14. The van der Waals surface area contributed by atoms with Gasteiger partial charge in [-0.15, -0.1) is 11.3 Å². The predicted molar refractivity (Wildman–Crippen MR) is 93.5 cm³/mol. The number of ether oxygens (including phenoxy) is 1. The minimum absolute atomic E-state index is 0.211. The van der Waals surface area contributed by atoms with Crippen molar-refractivity contribution in [3.05, 3.63) is 44.9 Å². The van der Waals surface area contributed by atoms with Crippen molar-refractivity contribution >= 4 is 28.8 Å². The number of nitrogens with one attached hydrogen (secondary N) is 1. The lowest BCUT2D eigenvalue weighted by atomic mass is 10.2. The van der Waals surface area contributed by atoms with Gasteiger partial charge in [0.05, 0.1) is 0 Å². The molecule has 0 radical (unpaired) electrons. The molecular weight excluding hydrogens is 334 g/mol. The molecular formula is C16H20ClN3O2S. The number of thiazole rings is 1. The first-order chi connectivity index (χ1) is 11.0. The number of benzene rings is 1. The van der Waals surface area contributed by atoms with Gasteiger partial charge >= 0.3 is 0 Å². The average Bonchev–Trinajstić information content (AvgIpc) is 2.84. The zero-order valence-corrected chi connectivity index (χ0v) is 15.0. The Labute approximate surface area is 145 Å². The predicted octanol–water partition coefficient (Wildman–Crippen LogP) is 2.98. The fourth-order valence-electron chi connectivity index (χ4n) is 1.89. The molecule has 1 amide bonds. The number of amides is 1. The third-order valence-electron chi connectivity index (χ3n) is 3.17. The Bertz CT molecular complexity index is 656. The minimum atomic E-state index is -0.211. The van der Waals surface area contributed by atoms with Crippen LogP contribution in [0.5, 0.6) is 5.75 Å². The van der Waals surface area contributed by atoms with Crippen molar-refractivity contribution in [1.29, 1.82) is 0 Å². The molecule has 0 fully saturated rings. The highest BCUT2D eigenvalue weighted by molar-refractivity contribution is 7.15. The molecule has 0 aliphatic carbocycles. The van der Waals surface area contributed by atoms with E-state index in [1.807, 2.05) is 45.3 Å². The number of halogens is 1. The average molecular weight is 354 g/mol. The molecule has 1 aromatic heterocycles. The highest BCUT2D eigenvalue weighted by atomic mass is 35.5. The van der Waals surface area contributed by atoms with Crippen LogP contribution in [0.4, 0.5) is 0 Å². The maximum absolute atomic E-state index is 12.1. The van der Waals surface area contributed by atoms with Crippen LogP contribution < -0.4 is 10.1 Å². The molecule has 5 nitrogen and oxygen atoms in total. The van der Waals surface area contributed by atoms with Crippen molar-refractivity contribution in [2.45, 2.75) is 13.5 Å². The molecule has 0 spiro atoms. The topological polar surface area (TPSA) is 54.5 Å². The second-order valence-corrected chi connectivity index (χ2v) is 7.14. The summed E-state index contributed by atoms with van der Waals surface area (Å²) in [6.45, 7) is 3.78. The molecule has 0 unspecified atom stereocenters. The number of likely N-dealkylation sites (N-methyl/N-ethyl adjacent to an activating group) is 1. The van der Waals surface area contributed by atoms with Gasteiger partial charge in [-0.3, -0.25) is 4.79 Å². The fourth-order valence-corrected chi connectivity index (χ4v) is 2.95. The van der Waals surface area contributed by atoms with E-state index in [1.165, 1.54) is 11.3 Å². The molecule has 7 heteroatoms. The van der Waals surface area contributed by atoms with Crippen LogP contribution in [0.15, 0.2) is 24.3 Å². The van der Waals surface area contributed by atoms with Gasteiger partial charge in [-0.25, -0.2) is 4.98 Å². The smallest absolute Gasteiger partial charge is 0.271 e. The van der Waals surface area contributed by atoms with Gasteiger partial charge in [0.2, 0.25) is 0 Å². The van der Waals surface area contributed by atoms with Gasteiger partial charge in [0.25, 0.3) is 5.91 Å². The molecule has 0 aliphatic rings. The second kappa shape index (κ2) is 8.29. The molecule has 0 saturated carbocycles. The van der Waals surface area contributed by atoms with Crippen LogP contribution in [0.1, 0.15) is 20.9 Å². The van der Waals surface area contributed by atoms with Crippen LogP contribution in [-0.4, -0.2) is 43.0 Å².